The summed E-state index contributed by atoms with van der Waals surface area (Å²) < 4.78 is 5.52. The maximum atomic E-state index is 11.8. The molecule has 2 rings (SSSR count). The first-order valence-corrected chi connectivity index (χ1v) is 6.44. The topological polar surface area (TPSA) is 64.4 Å². The van der Waals surface area contributed by atoms with Gasteiger partial charge < -0.3 is 15.8 Å². The normalized spacial score (nSPS) is 23.0. The van der Waals surface area contributed by atoms with Crippen molar-refractivity contribution in [3.63, 3.8) is 0 Å². The Hall–Kier alpha value is -1.10. The lowest BCUT2D eigenvalue weighted by Crippen LogP contribution is -2.35. The summed E-state index contributed by atoms with van der Waals surface area (Å²) in [6.45, 7) is 0.962. The Morgan fingerprint density at radius 1 is 1.39 bits per heavy atom. The molecule has 2 unspecified atom stereocenters. The van der Waals surface area contributed by atoms with E-state index in [0.717, 1.165) is 18.4 Å². The van der Waals surface area contributed by atoms with Crippen LogP contribution in [0.5, 0.6) is 0 Å². The Bertz CT molecular complexity index is 408. The van der Waals surface area contributed by atoms with Gasteiger partial charge in [0.2, 0.25) is 5.91 Å². The van der Waals surface area contributed by atoms with Gasteiger partial charge in [0.05, 0.1) is 6.10 Å². The predicted molar refractivity (Wildman–Crippen MR) is 70.2 cm³/mol. The second kappa shape index (κ2) is 6.18. The first-order valence-electron chi connectivity index (χ1n) is 6.06. The van der Waals surface area contributed by atoms with Crippen molar-refractivity contribution in [2.45, 2.75) is 31.6 Å². The first-order chi connectivity index (χ1) is 8.69. The number of rotatable bonds is 4. The molecule has 1 aromatic carbocycles. The minimum atomic E-state index is -0.356. The van der Waals surface area contributed by atoms with Crippen LogP contribution in [0.25, 0.3) is 0 Å². The predicted octanol–water partition coefficient (Wildman–Crippen LogP) is 1.46. The fraction of sp³-hybridized carbons (Fsp3) is 0.462. The summed E-state index contributed by atoms with van der Waals surface area (Å²) in [7, 11) is 0. The van der Waals surface area contributed by atoms with Gasteiger partial charge in [-0.3, -0.25) is 4.79 Å². The molecular weight excluding hydrogens is 252 g/mol. The summed E-state index contributed by atoms with van der Waals surface area (Å²) in [4.78, 5) is 11.8. The molecule has 1 aliphatic heterocycles. The van der Waals surface area contributed by atoms with Gasteiger partial charge in [-0.15, -0.1) is 0 Å². The summed E-state index contributed by atoms with van der Waals surface area (Å²) >= 11 is 5.79. The lowest BCUT2D eigenvalue weighted by molar-refractivity contribution is -0.132. The molecule has 1 amide bonds. The Balaban J connectivity index is 1.80. The zero-order valence-electron chi connectivity index (χ0n) is 10.1. The van der Waals surface area contributed by atoms with Gasteiger partial charge in [0.1, 0.15) is 6.10 Å². The summed E-state index contributed by atoms with van der Waals surface area (Å²) in [6, 6.07) is 7.39. The van der Waals surface area contributed by atoms with Crippen molar-refractivity contribution in [3.8, 4) is 0 Å². The van der Waals surface area contributed by atoms with E-state index < -0.39 is 0 Å². The molecule has 1 saturated heterocycles. The fourth-order valence-corrected chi connectivity index (χ4v) is 2.10. The van der Waals surface area contributed by atoms with Gasteiger partial charge >= 0.3 is 0 Å². The SMILES string of the molecule is NCC1CCC(C(=O)NCc2ccc(Cl)cc2)O1. The molecule has 1 aromatic rings. The number of carbonyl (C=O) groups is 1. The van der Waals surface area contributed by atoms with E-state index in [-0.39, 0.29) is 18.1 Å². The summed E-state index contributed by atoms with van der Waals surface area (Å²) in [6.07, 6.45) is 1.27. The fourth-order valence-electron chi connectivity index (χ4n) is 1.98. The van der Waals surface area contributed by atoms with Crippen molar-refractivity contribution in [1.82, 2.24) is 5.32 Å². The monoisotopic (exact) mass is 268 g/mol. The number of ether oxygens (including phenoxy) is 1. The van der Waals surface area contributed by atoms with E-state index in [4.69, 9.17) is 22.1 Å². The largest absolute Gasteiger partial charge is 0.364 e. The number of nitrogens with one attached hydrogen (secondary N) is 1. The van der Waals surface area contributed by atoms with Gasteiger partial charge in [0.25, 0.3) is 0 Å². The Morgan fingerprint density at radius 2 is 2.11 bits per heavy atom. The lowest BCUT2D eigenvalue weighted by atomic mass is 10.2. The van der Waals surface area contributed by atoms with Crippen molar-refractivity contribution in [2.24, 2.45) is 5.73 Å². The van der Waals surface area contributed by atoms with E-state index in [9.17, 15) is 4.79 Å². The van der Waals surface area contributed by atoms with Crippen molar-refractivity contribution in [2.75, 3.05) is 6.54 Å². The molecule has 0 radical (unpaired) electrons. The number of hydrogen-bond acceptors (Lipinski definition) is 3. The number of benzene rings is 1. The van der Waals surface area contributed by atoms with E-state index in [1.807, 2.05) is 12.1 Å². The van der Waals surface area contributed by atoms with Crippen molar-refractivity contribution < 1.29 is 9.53 Å². The Kier molecular flexibility index (Phi) is 4.58. The van der Waals surface area contributed by atoms with Crippen LogP contribution in [0.15, 0.2) is 24.3 Å². The van der Waals surface area contributed by atoms with Crippen LogP contribution in [0.3, 0.4) is 0 Å². The Labute approximate surface area is 111 Å². The molecule has 3 N–H and O–H groups in total. The summed E-state index contributed by atoms with van der Waals surface area (Å²) in [5.41, 5.74) is 6.52. The minimum Gasteiger partial charge on any atom is -0.364 e. The van der Waals surface area contributed by atoms with Gasteiger partial charge in [0, 0.05) is 18.1 Å². The molecule has 1 fully saturated rings. The van der Waals surface area contributed by atoms with Crippen LogP contribution < -0.4 is 11.1 Å². The van der Waals surface area contributed by atoms with Crippen LogP contribution in [0.2, 0.25) is 5.02 Å². The molecule has 5 heteroatoms. The van der Waals surface area contributed by atoms with Crippen LogP contribution in [-0.2, 0) is 16.1 Å². The third kappa shape index (κ3) is 3.45. The molecule has 98 valence electrons. The van der Waals surface area contributed by atoms with Crippen LogP contribution in [0.4, 0.5) is 0 Å². The standard InChI is InChI=1S/C13H17ClN2O2/c14-10-3-1-9(2-4-10)8-16-13(17)12-6-5-11(7-15)18-12/h1-4,11-12H,5-8,15H2,(H,16,17). The number of amides is 1. The molecule has 1 aliphatic rings. The zero-order chi connectivity index (χ0) is 13.0. The third-order valence-electron chi connectivity index (χ3n) is 3.04. The zero-order valence-corrected chi connectivity index (χ0v) is 10.8. The Morgan fingerprint density at radius 3 is 2.72 bits per heavy atom. The molecule has 0 spiro atoms. The molecule has 1 heterocycles. The summed E-state index contributed by atoms with van der Waals surface area (Å²) in [5.74, 6) is -0.0686. The van der Waals surface area contributed by atoms with Gasteiger partial charge in [-0.05, 0) is 30.5 Å². The van der Waals surface area contributed by atoms with E-state index in [1.165, 1.54) is 0 Å². The van der Waals surface area contributed by atoms with E-state index >= 15 is 0 Å². The van der Waals surface area contributed by atoms with Crippen molar-refractivity contribution in [3.05, 3.63) is 34.9 Å². The maximum absolute atomic E-state index is 11.8. The highest BCUT2D eigenvalue weighted by Crippen LogP contribution is 2.19. The molecule has 0 saturated carbocycles. The highest BCUT2D eigenvalue weighted by molar-refractivity contribution is 6.30. The maximum Gasteiger partial charge on any atom is 0.249 e. The molecule has 2 atom stereocenters. The van der Waals surface area contributed by atoms with Crippen LogP contribution >= 0.6 is 11.6 Å². The number of carbonyl (C=O) groups excluding carboxylic acids is 1. The smallest absolute Gasteiger partial charge is 0.249 e. The highest BCUT2D eigenvalue weighted by Gasteiger charge is 2.29. The van der Waals surface area contributed by atoms with Crippen molar-refractivity contribution in [1.29, 1.82) is 0 Å². The first kappa shape index (κ1) is 13.3. The quantitative estimate of drug-likeness (QED) is 0.869. The number of hydrogen-bond donors (Lipinski definition) is 2. The lowest BCUT2D eigenvalue weighted by Gasteiger charge is -2.12. The number of nitrogens with two attached hydrogens (primary N) is 1. The molecule has 18 heavy (non-hydrogen) atoms. The molecule has 0 bridgehead atoms. The second-order valence-corrected chi connectivity index (χ2v) is 4.84. The van der Waals surface area contributed by atoms with Gasteiger partial charge in [0.15, 0.2) is 0 Å². The highest BCUT2D eigenvalue weighted by atomic mass is 35.5. The van der Waals surface area contributed by atoms with E-state index in [2.05, 4.69) is 5.32 Å². The minimum absolute atomic E-state index is 0.0243. The van der Waals surface area contributed by atoms with Crippen LogP contribution in [0.1, 0.15) is 18.4 Å². The molecular formula is C13H17ClN2O2. The van der Waals surface area contributed by atoms with E-state index in [1.54, 1.807) is 12.1 Å². The van der Waals surface area contributed by atoms with Crippen LogP contribution in [-0.4, -0.2) is 24.7 Å². The average molecular weight is 269 g/mol. The molecule has 0 aliphatic carbocycles. The van der Waals surface area contributed by atoms with Gasteiger partial charge in [-0.2, -0.15) is 0 Å². The van der Waals surface area contributed by atoms with Gasteiger partial charge in [-0.25, -0.2) is 0 Å². The third-order valence-corrected chi connectivity index (χ3v) is 3.29. The molecule has 4 nitrogen and oxygen atoms in total. The van der Waals surface area contributed by atoms with Crippen molar-refractivity contribution >= 4 is 17.5 Å². The summed E-state index contributed by atoms with van der Waals surface area (Å²) in [5, 5.41) is 3.55. The average Bonchev–Trinajstić information content (AvgIpc) is 2.86. The second-order valence-electron chi connectivity index (χ2n) is 4.40. The van der Waals surface area contributed by atoms with E-state index in [0.29, 0.717) is 18.1 Å². The molecule has 0 aromatic heterocycles. The van der Waals surface area contributed by atoms with Crippen LogP contribution in [0, 0.1) is 0 Å². The number of halogens is 1. The van der Waals surface area contributed by atoms with Gasteiger partial charge in [-0.1, -0.05) is 23.7 Å².